The highest BCUT2D eigenvalue weighted by Gasteiger charge is 2.12. The number of nitrogens with zero attached hydrogens (tertiary/aromatic N) is 1. The monoisotopic (exact) mass is 437 g/mol. The van der Waals surface area contributed by atoms with Crippen LogP contribution in [0.2, 0.25) is 0 Å². The Hall–Kier alpha value is -3.52. The summed E-state index contributed by atoms with van der Waals surface area (Å²) in [6.45, 7) is 5.35. The van der Waals surface area contributed by atoms with Crippen molar-refractivity contribution < 1.29 is 19.1 Å². The third kappa shape index (κ3) is 6.48. The molecule has 0 aliphatic carbocycles. The summed E-state index contributed by atoms with van der Waals surface area (Å²) in [5.41, 5.74) is 4.42. The van der Waals surface area contributed by atoms with Crippen molar-refractivity contribution >= 4 is 40.5 Å². The highest BCUT2D eigenvalue weighted by Crippen LogP contribution is 2.18. The second-order valence-electron chi connectivity index (χ2n) is 7.11. The molecule has 31 heavy (non-hydrogen) atoms. The molecule has 0 aliphatic heterocycles. The minimum Gasteiger partial charge on any atom is -0.456 e. The molecule has 2 amide bonds. The predicted octanol–water partition coefficient (Wildman–Crippen LogP) is 4.26. The summed E-state index contributed by atoms with van der Waals surface area (Å²) in [6, 6.07) is 12.3. The third-order valence-electron chi connectivity index (χ3n) is 4.37. The van der Waals surface area contributed by atoms with Crippen LogP contribution in [0.4, 0.5) is 11.4 Å². The van der Waals surface area contributed by atoms with E-state index < -0.39 is 5.97 Å². The highest BCUT2D eigenvalue weighted by atomic mass is 32.1. The van der Waals surface area contributed by atoms with E-state index in [1.807, 2.05) is 32.0 Å². The summed E-state index contributed by atoms with van der Waals surface area (Å²) >= 11 is 1.35. The lowest BCUT2D eigenvalue weighted by molar-refractivity contribution is -0.116. The van der Waals surface area contributed by atoms with Crippen LogP contribution in [0.3, 0.4) is 0 Å². The molecule has 1 heterocycles. The molecule has 0 saturated carbocycles. The van der Waals surface area contributed by atoms with Gasteiger partial charge >= 0.3 is 5.97 Å². The fourth-order valence-electron chi connectivity index (χ4n) is 2.81. The molecule has 160 valence electrons. The Labute approximate surface area is 184 Å². The first-order valence-electron chi connectivity index (χ1n) is 9.65. The highest BCUT2D eigenvalue weighted by molar-refractivity contribution is 7.09. The molecule has 0 aliphatic rings. The zero-order chi connectivity index (χ0) is 22.4. The first-order chi connectivity index (χ1) is 14.8. The fraction of sp³-hybridized carbons (Fsp3) is 0.217. The topological polar surface area (TPSA) is 97.4 Å². The maximum atomic E-state index is 12.3. The number of rotatable bonds is 7. The minimum absolute atomic E-state index is 0.0153. The molecule has 0 spiro atoms. The number of anilines is 2. The summed E-state index contributed by atoms with van der Waals surface area (Å²) in [4.78, 5) is 40.0. The minimum atomic E-state index is -0.489. The first kappa shape index (κ1) is 22.2. The molecular weight excluding hydrogens is 414 g/mol. The van der Waals surface area contributed by atoms with Gasteiger partial charge in [0, 0.05) is 23.7 Å². The van der Waals surface area contributed by atoms with Gasteiger partial charge in [-0.05, 0) is 55.3 Å². The van der Waals surface area contributed by atoms with E-state index in [4.69, 9.17) is 4.74 Å². The Morgan fingerprint density at radius 2 is 1.77 bits per heavy atom. The van der Waals surface area contributed by atoms with Crippen LogP contribution >= 0.6 is 11.3 Å². The van der Waals surface area contributed by atoms with Gasteiger partial charge in [0.25, 0.3) is 0 Å². The SMILES string of the molecule is CC(=O)Nc1ccc(C(=O)OCc2csc(CC(=O)Nc3cc(C)ccc3C)n2)cc1. The number of aryl methyl sites for hydroxylation is 2. The van der Waals surface area contributed by atoms with E-state index in [0.717, 1.165) is 16.8 Å². The summed E-state index contributed by atoms with van der Waals surface area (Å²) in [6.07, 6.45) is 0.149. The van der Waals surface area contributed by atoms with Crippen molar-refractivity contribution in [2.75, 3.05) is 10.6 Å². The number of amides is 2. The second kappa shape index (κ2) is 9.99. The van der Waals surface area contributed by atoms with Crippen molar-refractivity contribution in [1.82, 2.24) is 4.98 Å². The number of esters is 1. The van der Waals surface area contributed by atoms with Crippen LogP contribution in [0.25, 0.3) is 0 Å². The zero-order valence-corrected chi connectivity index (χ0v) is 18.3. The summed E-state index contributed by atoms with van der Waals surface area (Å²) in [5, 5.41) is 7.97. The molecule has 3 aromatic rings. The van der Waals surface area contributed by atoms with E-state index in [0.29, 0.717) is 22.0 Å². The number of hydrogen-bond donors (Lipinski definition) is 2. The van der Waals surface area contributed by atoms with Gasteiger partial charge in [0.15, 0.2) is 0 Å². The smallest absolute Gasteiger partial charge is 0.338 e. The Bertz CT molecular complexity index is 1110. The van der Waals surface area contributed by atoms with Crippen molar-refractivity contribution in [2.45, 2.75) is 33.8 Å². The number of nitrogens with one attached hydrogen (secondary N) is 2. The zero-order valence-electron chi connectivity index (χ0n) is 17.5. The van der Waals surface area contributed by atoms with Crippen molar-refractivity contribution in [3.8, 4) is 0 Å². The normalized spacial score (nSPS) is 10.4. The number of carbonyl (C=O) groups excluding carboxylic acids is 3. The molecule has 0 unspecified atom stereocenters. The van der Waals surface area contributed by atoms with E-state index in [-0.39, 0.29) is 24.8 Å². The van der Waals surface area contributed by atoms with Crippen molar-refractivity contribution in [1.29, 1.82) is 0 Å². The molecule has 0 fully saturated rings. The fourth-order valence-corrected chi connectivity index (χ4v) is 3.59. The lowest BCUT2D eigenvalue weighted by atomic mass is 10.1. The maximum Gasteiger partial charge on any atom is 0.338 e. The van der Waals surface area contributed by atoms with Crippen LogP contribution in [0, 0.1) is 13.8 Å². The number of carbonyl (C=O) groups is 3. The molecule has 0 atom stereocenters. The van der Waals surface area contributed by atoms with E-state index >= 15 is 0 Å². The standard InChI is InChI=1S/C23H23N3O4S/c1-14-4-5-15(2)20(10-14)26-21(28)11-22-25-19(13-31-22)12-30-23(29)17-6-8-18(9-7-17)24-16(3)27/h4-10,13H,11-12H2,1-3H3,(H,24,27)(H,26,28). The van der Waals surface area contributed by atoms with Crippen molar-refractivity contribution in [2.24, 2.45) is 0 Å². The van der Waals surface area contributed by atoms with Crippen LogP contribution < -0.4 is 10.6 Å². The lowest BCUT2D eigenvalue weighted by Gasteiger charge is -2.08. The van der Waals surface area contributed by atoms with Crippen molar-refractivity contribution in [3.05, 3.63) is 75.2 Å². The van der Waals surface area contributed by atoms with Gasteiger partial charge < -0.3 is 15.4 Å². The predicted molar refractivity (Wildman–Crippen MR) is 120 cm³/mol. The maximum absolute atomic E-state index is 12.3. The van der Waals surface area contributed by atoms with E-state index in [2.05, 4.69) is 15.6 Å². The van der Waals surface area contributed by atoms with Crippen LogP contribution in [-0.2, 0) is 27.4 Å². The number of aromatic nitrogens is 1. The third-order valence-corrected chi connectivity index (χ3v) is 5.27. The molecule has 2 N–H and O–H groups in total. The Kier molecular flexibility index (Phi) is 7.15. The summed E-state index contributed by atoms with van der Waals surface area (Å²) in [5.74, 6) is -0.820. The van der Waals surface area contributed by atoms with Gasteiger partial charge in [-0.25, -0.2) is 9.78 Å². The van der Waals surface area contributed by atoms with Gasteiger partial charge in [-0.15, -0.1) is 11.3 Å². The molecule has 0 bridgehead atoms. The van der Waals surface area contributed by atoms with E-state index in [9.17, 15) is 14.4 Å². The Morgan fingerprint density at radius 3 is 2.48 bits per heavy atom. The summed E-state index contributed by atoms with van der Waals surface area (Å²) < 4.78 is 5.30. The van der Waals surface area contributed by atoms with Gasteiger partial charge in [0.05, 0.1) is 17.7 Å². The van der Waals surface area contributed by atoms with Crippen LogP contribution in [0.5, 0.6) is 0 Å². The molecule has 7 nitrogen and oxygen atoms in total. The first-order valence-corrected chi connectivity index (χ1v) is 10.5. The molecule has 1 aromatic heterocycles. The largest absolute Gasteiger partial charge is 0.456 e. The van der Waals surface area contributed by atoms with E-state index in [1.165, 1.54) is 18.3 Å². The molecule has 0 saturated heterocycles. The molecular formula is C23H23N3O4S. The molecule has 8 heteroatoms. The number of thiazole rings is 1. The van der Waals surface area contributed by atoms with Gasteiger partial charge in [0.1, 0.15) is 11.6 Å². The van der Waals surface area contributed by atoms with Gasteiger partial charge in [-0.1, -0.05) is 12.1 Å². The quantitative estimate of drug-likeness (QED) is 0.539. The molecule has 0 radical (unpaired) electrons. The van der Waals surface area contributed by atoms with Crippen LogP contribution in [0.15, 0.2) is 47.8 Å². The Morgan fingerprint density at radius 1 is 1.03 bits per heavy atom. The lowest BCUT2D eigenvalue weighted by Crippen LogP contribution is -2.15. The van der Waals surface area contributed by atoms with E-state index in [1.54, 1.807) is 29.6 Å². The van der Waals surface area contributed by atoms with Gasteiger partial charge in [-0.2, -0.15) is 0 Å². The Balaban J connectivity index is 1.51. The van der Waals surface area contributed by atoms with Gasteiger partial charge in [-0.3, -0.25) is 9.59 Å². The average Bonchev–Trinajstić information content (AvgIpc) is 3.16. The van der Waals surface area contributed by atoms with Crippen LogP contribution in [0.1, 0.15) is 39.1 Å². The van der Waals surface area contributed by atoms with Gasteiger partial charge in [0.2, 0.25) is 11.8 Å². The molecule has 2 aromatic carbocycles. The number of ether oxygens (including phenoxy) is 1. The average molecular weight is 438 g/mol. The second-order valence-corrected chi connectivity index (χ2v) is 8.05. The van der Waals surface area contributed by atoms with Crippen LogP contribution in [-0.4, -0.2) is 22.8 Å². The molecule has 3 rings (SSSR count). The summed E-state index contributed by atoms with van der Waals surface area (Å²) in [7, 11) is 0. The number of benzene rings is 2. The number of hydrogen-bond acceptors (Lipinski definition) is 6. The van der Waals surface area contributed by atoms with Crippen molar-refractivity contribution in [3.63, 3.8) is 0 Å².